The summed E-state index contributed by atoms with van der Waals surface area (Å²) in [6.07, 6.45) is 1.41. The second-order valence-electron chi connectivity index (χ2n) is 14.4. The molecular formula is C34H51BN4O9. The molecule has 1 heterocycles. The molecule has 4 unspecified atom stereocenters. The highest BCUT2D eigenvalue weighted by Crippen LogP contribution is 2.65. The molecule has 4 fully saturated rings. The first kappa shape index (κ1) is 37.2. The SMILES string of the molecule is COC(=O)CCC(NC(=O)[C@H](C)NC(=O)C(Cc1ccccc1)NC(=O)[C@@H](NC(=O)OC)C(C)C)B1O[C@@H]2CC3CC(C3(C)C)[C@]2(C)O1. The summed E-state index contributed by atoms with van der Waals surface area (Å²) in [6.45, 7) is 11.6. The van der Waals surface area contributed by atoms with Gasteiger partial charge in [0, 0.05) is 12.8 Å². The molecular weight excluding hydrogens is 619 g/mol. The summed E-state index contributed by atoms with van der Waals surface area (Å²) in [4.78, 5) is 64.5. The molecule has 2 bridgehead atoms. The quantitative estimate of drug-likeness (QED) is 0.171. The molecule has 14 heteroatoms. The van der Waals surface area contributed by atoms with E-state index in [9.17, 15) is 24.0 Å². The fourth-order valence-electron chi connectivity index (χ4n) is 7.45. The molecule has 3 aliphatic carbocycles. The number of amides is 4. The van der Waals surface area contributed by atoms with E-state index in [4.69, 9.17) is 14.0 Å². The highest BCUT2D eigenvalue weighted by Gasteiger charge is 2.68. The molecule has 48 heavy (non-hydrogen) atoms. The predicted molar refractivity (Wildman–Crippen MR) is 177 cm³/mol. The molecule has 3 saturated carbocycles. The van der Waals surface area contributed by atoms with Crippen molar-refractivity contribution in [1.82, 2.24) is 21.3 Å². The van der Waals surface area contributed by atoms with Gasteiger partial charge in [-0.1, -0.05) is 58.0 Å². The molecule has 8 atom stereocenters. The average molecular weight is 671 g/mol. The van der Waals surface area contributed by atoms with E-state index < -0.39 is 66.6 Å². The number of methoxy groups -OCH3 is 2. The third kappa shape index (κ3) is 8.14. The minimum atomic E-state index is -1.06. The molecule has 1 aromatic carbocycles. The zero-order valence-corrected chi connectivity index (χ0v) is 29.3. The summed E-state index contributed by atoms with van der Waals surface area (Å²) < 4.78 is 22.5. The van der Waals surface area contributed by atoms with Crippen LogP contribution in [0.25, 0.3) is 0 Å². The van der Waals surface area contributed by atoms with Crippen LogP contribution in [0.4, 0.5) is 4.79 Å². The van der Waals surface area contributed by atoms with Gasteiger partial charge in [-0.05, 0) is 61.8 Å². The summed E-state index contributed by atoms with van der Waals surface area (Å²) >= 11 is 0. The van der Waals surface area contributed by atoms with Crippen LogP contribution in [0.5, 0.6) is 0 Å². The molecule has 4 N–H and O–H groups in total. The van der Waals surface area contributed by atoms with E-state index in [0.29, 0.717) is 11.8 Å². The molecule has 1 aromatic rings. The van der Waals surface area contributed by atoms with Gasteiger partial charge >= 0.3 is 19.2 Å². The lowest BCUT2D eigenvalue weighted by atomic mass is 9.43. The first-order valence-electron chi connectivity index (χ1n) is 16.8. The van der Waals surface area contributed by atoms with Crippen LogP contribution in [0.2, 0.25) is 0 Å². The molecule has 264 valence electrons. The Bertz CT molecular complexity index is 1340. The Kier molecular flexibility index (Phi) is 11.8. The van der Waals surface area contributed by atoms with Crippen molar-refractivity contribution >= 4 is 36.9 Å². The van der Waals surface area contributed by atoms with E-state index in [1.54, 1.807) is 13.8 Å². The van der Waals surface area contributed by atoms with Crippen LogP contribution in [0.3, 0.4) is 0 Å². The number of alkyl carbamates (subject to hydrolysis) is 1. The van der Waals surface area contributed by atoms with Gasteiger partial charge in [0.2, 0.25) is 17.7 Å². The standard InChI is InChI=1S/C34H51BN4O9/c1-19(2)28(39-32(44)46-8)31(43)37-23(16-21-12-10-9-11-13-21)30(42)36-20(3)29(41)38-26(14-15-27(40)45-7)35-47-25-18-22-17-24(33(22,4)5)34(25,6)48-35/h9-13,19-20,22-26,28H,14-18H2,1-8H3,(H,36,42)(H,37,43)(H,38,41)(H,39,44)/t20-,22?,23?,24?,25+,26?,28-,34-/m0/s1. The maximum atomic E-state index is 13.7. The van der Waals surface area contributed by atoms with Crippen molar-refractivity contribution in [3.05, 3.63) is 35.9 Å². The number of benzene rings is 1. The second kappa shape index (κ2) is 15.3. The van der Waals surface area contributed by atoms with Gasteiger partial charge in [-0.15, -0.1) is 0 Å². The van der Waals surface area contributed by atoms with Crippen molar-refractivity contribution < 1.29 is 42.8 Å². The van der Waals surface area contributed by atoms with Gasteiger partial charge in [-0.3, -0.25) is 19.2 Å². The van der Waals surface area contributed by atoms with Crippen LogP contribution in [0.15, 0.2) is 30.3 Å². The number of hydrogen-bond acceptors (Lipinski definition) is 9. The number of esters is 1. The Morgan fingerprint density at radius 3 is 2.19 bits per heavy atom. The van der Waals surface area contributed by atoms with E-state index in [2.05, 4.69) is 46.8 Å². The Labute approximate surface area is 283 Å². The summed E-state index contributed by atoms with van der Waals surface area (Å²) in [5, 5.41) is 10.9. The lowest BCUT2D eigenvalue weighted by Gasteiger charge is -2.64. The van der Waals surface area contributed by atoms with Gasteiger partial charge in [0.15, 0.2) is 0 Å². The number of carbonyl (C=O) groups excluding carboxylic acids is 5. The molecule has 5 rings (SSSR count). The number of nitrogens with one attached hydrogen (secondary N) is 4. The maximum Gasteiger partial charge on any atom is 0.481 e. The van der Waals surface area contributed by atoms with Crippen molar-refractivity contribution in [3.63, 3.8) is 0 Å². The van der Waals surface area contributed by atoms with Crippen molar-refractivity contribution in [2.24, 2.45) is 23.2 Å². The smallest absolute Gasteiger partial charge is 0.469 e. The first-order valence-corrected chi connectivity index (χ1v) is 16.8. The molecule has 0 spiro atoms. The van der Waals surface area contributed by atoms with Crippen molar-refractivity contribution in [3.8, 4) is 0 Å². The minimum absolute atomic E-state index is 0.0339. The summed E-state index contributed by atoms with van der Waals surface area (Å²) in [7, 11) is 1.72. The van der Waals surface area contributed by atoms with E-state index in [1.807, 2.05) is 30.3 Å². The van der Waals surface area contributed by atoms with E-state index in [0.717, 1.165) is 18.4 Å². The molecule has 4 aliphatic rings. The number of hydrogen-bond donors (Lipinski definition) is 4. The van der Waals surface area contributed by atoms with Gasteiger partial charge in [0.25, 0.3) is 0 Å². The third-order valence-electron chi connectivity index (χ3n) is 10.6. The van der Waals surface area contributed by atoms with Crippen LogP contribution in [-0.4, -0.2) is 86.9 Å². The Balaban J connectivity index is 1.46. The maximum absolute atomic E-state index is 13.7. The monoisotopic (exact) mass is 670 g/mol. The third-order valence-corrected chi connectivity index (χ3v) is 10.6. The van der Waals surface area contributed by atoms with E-state index in [-0.39, 0.29) is 36.7 Å². The van der Waals surface area contributed by atoms with E-state index in [1.165, 1.54) is 21.1 Å². The fraction of sp³-hybridized carbons (Fsp3) is 0.676. The Hall–Kier alpha value is -3.65. The largest absolute Gasteiger partial charge is 0.481 e. The van der Waals surface area contributed by atoms with Gasteiger partial charge in [-0.25, -0.2) is 4.79 Å². The van der Waals surface area contributed by atoms with E-state index >= 15 is 0 Å². The Morgan fingerprint density at radius 2 is 1.58 bits per heavy atom. The predicted octanol–water partition coefficient (Wildman–Crippen LogP) is 2.30. The van der Waals surface area contributed by atoms with Crippen molar-refractivity contribution in [2.45, 2.75) is 109 Å². The summed E-state index contributed by atoms with van der Waals surface area (Å²) in [5.74, 6) is -2.24. The second-order valence-corrected chi connectivity index (χ2v) is 14.4. The number of carbonyl (C=O) groups is 5. The zero-order chi connectivity index (χ0) is 35.4. The van der Waals surface area contributed by atoms with Crippen LogP contribution in [0, 0.1) is 23.2 Å². The average Bonchev–Trinajstić information content (AvgIpc) is 3.41. The normalized spacial score (nSPS) is 26.1. The highest BCUT2D eigenvalue weighted by molar-refractivity contribution is 6.48. The molecule has 0 radical (unpaired) electrons. The lowest BCUT2D eigenvalue weighted by molar-refractivity contribution is -0.199. The molecule has 1 aliphatic heterocycles. The summed E-state index contributed by atoms with van der Waals surface area (Å²) in [6, 6.07) is 6.08. The van der Waals surface area contributed by atoms with Crippen LogP contribution in [0.1, 0.15) is 72.8 Å². The van der Waals surface area contributed by atoms with Gasteiger partial charge in [0.05, 0.1) is 31.9 Å². The van der Waals surface area contributed by atoms with Gasteiger partial charge in [0.1, 0.15) is 18.1 Å². The van der Waals surface area contributed by atoms with Crippen LogP contribution >= 0.6 is 0 Å². The van der Waals surface area contributed by atoms with Crippen molar-refractivity contribution in [1.29, 1.82) is 0 Å². The number of ether oxygens (including phenoxy) is 2. The molecule has 4 amide bonds. The van der Waals surface area contributed by atoms with Gasteiger partial charge in [-0.2, -0.15) is 0 Å². The molecule has 0 aromatic heterocycles. The van der Waals surface area contributed by atoms with Crippen LogP contribution in [-0.2, 0) is 44.4 Å². The molecule has 1 saturated heterocycles. The number of rotatable bonds is 14. The minimum Gasteiger partial charge on any atom is -0.469 e. The highest BCUT2D eigenvalue weighted by atomic mass is 16.7. The topological polar surface area (TPSA) is 170 Å². The Morgan fingerprint density at radius 1 is 0.896 bits per heavy atom. The fourth-order valence-corrected chi connectivity index (χ4v) is 7.45. The van der Waals surface area contributed by atoms with Gasteiger partial charge < -0.3 is 40.0 Å². The van der Waals surface area contributed by atoms with Crippen molar-refractivity contribution in [2.75, 3.05) is 14.2 Å². The van der Waals surface area contributed by atoms with Crippen LogP contribution < -0.4 is 21.3 Å². The molecule has 13 nitrogen and oxygen atoms in total. The lowest BCUT2D eigenvalue weighted by Crippen LogP contribution is -2.65. The zero-order valence-electron chi connectivity index (χ0n) is 29.3. The summed E-state index contributed by atoms with van der Waals surface area (Å²) in [5.41, 5.74) is 0.395. The first-order chi connectivity index (χ1) is 22.6.